The van der Waals surface area contributed by atoms with Gasteiger partial charge in [0.1, 0.15) is 5.76 Å². The van der Waals surface area contributed by atoms with E-state index in [9.17, 15) is 9.59 Å². The molecule has 1 amide bonds. The van der Waals surface area contributed by atoms with Gasteiger partial charge in [0.25, 0.3) is 5.91 Å². The van der Waals surface area contributed by atoms with Crippen molar-refractivity contribution in [2.75, 3.05) is 19.0 Å². The summed E-state index contributed by atoms with van der Waals surface area (Å²) < 4.78 is 10.3. The fourth-order valence-corrected chi connectivity index (χ4v) is 1.91. The van der Waals surface area contributed by atoms with Crippen LogP contribution < -0.4 is 10.2 Å². The highest BCUT2D eigenvalue weighted by molar-refractivity contribution is 5.92. The van der Waals surface area contributed by atoms with Gasteiger partial charge in [0.05, 0.1) is 18.4 Å². The summed E-state index contributed by atoms with van der Waals surface area (Å²) in [5.41, 5.74) is 1.38. The van der Waals surface area contributed by atoms with Crippen LogP contribution in [0.2, 0.25) is 0 Å². The van der Waals surface area contributed by atoms with Crippen LogP contribution >= 0.6 is 0 Å². The Balaban J connectivity index is 1.87. The van der Waals surface area contributed by atoms with Crippen molar-refractivity contribution in [3.63, 3.8) is 0 Å². The van der Waals surface area contributed by atoms with Gasteiger partial charge >= 0.3 is 5.97 Å². The van der Waals surface area contributed by atoms with Gasteiger partial charge < -0.3 is 19.4 Å². The lowest BCUT2D eigenvalue weighted by Gasteiger charge is -2.14. The number of furan rings is 1. The van der Waals surface area contributed by atoms with E-state index in [-0.39, 0.29) is 12.5 Å². The van der Waals surface area contributed by atoms with Gasteiger partial charge in [-0.25, -0.2) is 4.79 Å². The van der Waals surface area contributed by atoms with E-state index in [1.165, 1.54) is 13.2 Å². The van der Waals surface area contributed by atoms with Crippen molar-refractivity contribution < 1.29 is 18.7 Å². The summed E-state index contributed by atoms with van der Waals surface area (Å²) in [6.07, 6.45) is 0.647. The standard InChI is InChI=1S/C17H20N2O4/c1-12(16(20)18-11-15-5-4-10-22-15)23-17(21)13-6-8-14(9-7-13)19(2)3/h4-10,12H,11H2,1-3H3,(H,18,20)/t12-/m0/s1. The molecule has 1 heterocycles. The normalized spacial score (nSPS) is 11.6. The van der Waals surface area contributed by atoms with Crippen molar-refractivity contribution in [3.05, 3.63) is 54.0 Å². The molecule has 6 nitrogen and oxygen atoms in total. The molecule has 0 aliphatic carbocycles. The zero-order valence-electron chi connectivity index (χ0n) is 13.4. The maximum Gasteiger partial charge on any atom is 0.338 e. The summed E-state index contributed by atoms with van der Waals surface area (Å²) in [5, 5.41) is 2.65. The van der Waals surface area contributed by atoms with Gasteiger partial charge in [0.15, 0.2) is 6.10 Å². The highest BCUT2D eigenvalue weighted by Gasteiger charge is 2.19. The molecule has 0 fully saturated rings. The molecule has 0 radical (unpaired) electrons. The average Bonchev–Trinajstić information content (AvgIpc) is 3.05. The monoisotopic (exact) mass is 316 g/mol. The maximum atomic E-state index is 12.0. The number of rotatable bonds is 6. The summed E-state index contributed by atoms with van der Waals surface area (Å²) >= 11 is 0. The van der Waals surface area contributed by atoms with Gasteiger partial charge in [-0.2, -0.15) is 0 Å². The molecule has 0 saturated heterocycles. The number of benzene rings is 1. The van der Waals surface area contributed by atoms with E-state index in [4.69, 9.17) is 9.15 Å². The second kappa shape index (κ2) is 7.49. The van der Waals surface area contributed by atoms with Crippen molar-refractivity contribution >= 4 is 17.6 Å². The number of amides is 1. The summed E-state index contributed by atoms with van der Waals surface area (Å²) in [7, 11) is 3.83. The van der Waals surface area contributed by atoms with E-state index < -0.39 is 12.1 Å². The SMILES string of the molecule is C[C@H](OC(=O)c1ccc(N(C)C)cc1)C(=O)NCc1ccco1. The van der Waals surface area contributed by atoms with Gasteiger partial charge in [-0.3, -0.25) is 4.79 Å². The lowest BCUT2D eigenvalue weighted by Crippen LogP contribution is -2.35. The van der Waals surface area contributed by atoms with Crippen LogP contribution in [0.15, 0.2) is 47.1 Å². The molecule has 1 N–H and O–H groups in total. The maximum absolute atomic E-state index is 12.0. The fourth-order valence-electron chi connectivity index (χ4n) is 1.91. The van der Waals surface area contributed by atoms with E-state index in [1.807, 2.05) is 31.1 Å². The van der Waals surface area contributed by atoms with Crippen LogP contribution in [0.5, 0.6) is 0 Å². The van der Waals surface area contributed by atoms with Crippen molar-refractivity contribution in [1.29, 1.82) is 0 Å². The van der Waals surface area contributed by atoms with Gasteiger partial charge in [-0.1, -0.05) is 0 Å². The number of esters is 1. The second-order valence-electron chi connectivity index (χ2n) is 5.29. The minimum absolute atomic E-state index is 0.255. The summed E-state index contributed by atoms with van der Waals surface area (Å²) in [6.45, 7) is 1.79. The summed E-state index contributed by atoms with van der Waals surface area (Å²) in [6, 6.07) is 10.5. The predicted molar refractivity (Wildman–Crippen MR) is 86.2 cm³/mol. The number of hydrogen-bond donors (Lipinski definition) is 1. The first-order valence-electron chi connectivity index (χ1n) is 7.26. The Morgan fingerprint density at radius 3 is 2.48 bits per heavy atom. The largest absolute Gasteiger partial charge is 0.467 e. The topological polar surface area (TPSA) is 71.8 Å². The third-order valence-electron chi connectivity index (χ3n) is 3.29. The van der Waals surface area contributed by atoms with Gasteiger partial charge in [-0.05, 0) is 43.3 Å². The highest BCUT2D eigenvalue weighted by atomic mass is 16.5. The lowest BCUT2D eigenvalue weighted by molar-refractivity contribution is -0.129. The van der Waals surface area contributed by atoms with E-state index >= 15 is 0 Å². The first-order valence-corrected chi connectivity index (χ1v) is 7.26. The van der Waals surface area contributed by atoms with Crippen molar-refractivity contribution in [2.24, 2.45) is 0 Å². The van der Waals surface area contributed by atoms with Crippen LogP contribution in [0.25, 0.3) is 0 Å². The second-order valence-corrected chi connectivity index (χ2v) is 5.29. The minimum Gasteiger partial charge on any atom is -0.467 e. The molecule has 122 valence electrons. The fraction of sp³-hybridized carbons (Fsp3) is 0.294. The quantitative estimate of drug-likeness (QED) is 0.827. The Morgan fingerprint density at radius 2 is 1.91 bits per heavy atom. The Hall–Kier alpha value is -2.76. The zero-order chi connectivity index (χ0) is 16.8. The molecule has 0 bridgehead atoms. The molecule has 23 heavy (non-hydrogen) atoms. The van der Waals surface area contributed by atoms with Crippen LogP contribution in [0.4, 0.5) is 5.69 Å². The molecule has 2 aromatic rings. The number of nitrogens with one attached hydrogen (secondary N) is 1. The number of carbonyl (C=O) groups is 2. The van der Waals surface area contributed by atoms with Gasteiger partial charge in [0, 0.05) is 19.8 Å². The van der Waals surface area contributed by atoms with Crippen molar-refractivity contribution in [1.82, 2.24) is 5.32 Å². The molecule has 1 aromatic heterocycles. The van der Waals surface area contributed by atoms with E-state index in [2.05, 4.69) is 5.32 Å². The molecule has 1 atom stereocenters. The number of ether oxygens (including phenoxy) is 1. The van der Waals surface area contributed by atoms with Crippen LogP contribution in [0.1, 0.15) is 23.0 Å². The Morgan fingerprint density at radius 1 is 1.22 bits per heavy atom. The number of nitrogens with zero attached hydrogens (tertiary/aromatic N) is 1. The van der Waals surface area contributed by atoms with Gasteiger partial charge in [0.2, 0.25) is 0 Å². The number of carbonyl (C=O) groups excluding carboxylic acids is 2. The van der Waals surface area contributed by atoms with Crippen LogP contribution in [-0.4, -0.2) is 32.1 Å². The van der Waals surface area contributed by atoms with Crippen molar-refractivity contribution in [2.45, 2.75) is 19.6 Å². The first-order chi connectivity index (χ1) is 11.0. The molecular formula is C17H20N2O4. The Labute approximate surface area is 135 Å². The Kier molecular flexibility index (Phi) is 5.41. The molecule has 6 heteroatoms. The number of hydrogen-bond acceptors (Lipinski definition) is 5. The third kappa shape index (κ3) is 4.60. The van der Waals surface area contributed by atoms with E-state index in [0.29, 0.717) is 11.3 Å². The van der Waals surface area contributed by atoms with Crippen LogP contribution in [-0.2, 0) is 16.1 Å². The van der Waals surface area contributed by atoms with E-state index in [0.717, 1.165) is 5.69 Å². The molecular weight excluding hydrogens is 296 g/mol. The third-order valence-corrected chi connectivity index (χ3v) is 3.29. The summed E-state index contributed by atoms with van der Waals surface area (Å²) in [5.74, 6) is -0.272. The molecule has 0 unspecified atom stereocenters. The smallest absolute Gasteiger partial charge is 0.338 e. The van der Waals surface area contributed by atoms with Crippen LogP contribution in [0, 0.1) is 0 Å². The molecule has 0 aliphatic heterocycles. The predicted octanol–water partition coefficient (Wildman–Crippen LogP) is 2.21. The molecule has 0 aliphatic rings. The molecule has 2 rings (SSSR count). The lowest BCUT2D eigenvalue weighted by atomic mass is 10.2. The molecule has 0 spiro atoms. The van der Waals surface area contributed by atoms with E-state index in [1.54, 1.807) is 24.3 Å². The first kappa shape index (κ1) is 16.6. The average molecular weight is 316 g/mol. The van der Waals surface area contributed by atoms with Crippen LogP contribution in [0.3, 0.4) is 0 Å². The number of anilines is 1. The molecule has 1 aromatic carbocycles. The minimum atomic E-state index is -0.883. The zero-order valence-corrected chi connectivity index (χ0v) is 13.4. The van der Waals surface area contributed by atoms with Gasteiger partial charge in [-0.15, -0.1) is 0 Å². The van der Waals surface area contributed by atoms with Crippen molar-refractivity contribution in [3.8, 4) is 0 Å². The Bertz CT molecular complexity index is 648. The molecule has 0 saturated carbocycles. The highest BCUT2D eigenvalue weighted by Crippen LogP contribution is 2.13. The summed E-state index contributed by atoms with van der Waals surface area (Å²) in [4.78, 5) is 25.9.